The van der Waals surface area contributed by atoms with Gasteiger partial charge in [-0.1, -0.05) is 6.92 Å². The maximum Gasteiger partial charge on any atom is 0.283 e. The van der Waals surface area contributed by atoms with E-state index in [1.165, 1.54) is 12.1 Å². The molecule has 0 saturated heterocycles. The Labute approximate surface area is 106 Å². The third-order valence-corrected chi connectivity index (χ3v) is 3.35. The smallest absolute Gasteiger partial charge is 0.283 e. The second-order valence-electron chi connectivity index (χ2n) is 4.71. The summed E-state index contributed by atoms with van der Waals surface area (Å²) in [6.45, 7) is 3.85. The SMILES string of the molecule is CCC1(c2cc(N)ccc2F)CC(C)OC(N)=N1. The summed E-state index contributed by atoms with van der Waals surface area (Å²) in [6.07, 6.45) is 1.13. The molecular formula is C13H18FN3O. The minimum absolute atomic E-state index is 0.0942. The molecule has 98 valence electrons. The van der Waals surface area contributed by atoms with E-state index in [2.05, 4.69) is 4.99 Å². The molecule has 4 nitrogen and oxygen atoms in total. The number of benzene rings is 1. The van der Waals surface area contributed by atoms with Gasteiger partial charge >= 0.3 is 0 Å². The molecule has 1 aromatic carbocycles. The van der Waals surface area contributed by atoms with Crippen LogP contribution < -0.4 is 11.5 Å². The Morgan fingerprint density at radius 1 is 1.50 bits per heavy atom. The van der Waals surface area contributed by atoms with Crippen LogP contribution >= 0.6 is 0 Å². The number of rotatable bonds is 2. The molecule has 0 amide bonds. The molecule has 1 aliphatic heterocycles. The lowest BCUT2D eigenvalue weighted by atomic mass is 9.82. The summed E-state index contributed by atoms with van der Waals surface area (Å²) in [5.41, 5.74) is 11.7. The first kappa shape index (κ1) is 12.7. The first-order valence-corrected chi connectivity index (χ1v) is 6.04. The van der Waals surface area contributed by atoms with E-state index in [0.29, 0.717) is 24.1 Å². The third kappa shape index (κ3) is 2.12. The van der Waals surface area contributed by atoms with Gasteiger partial charge in [0, 0.05) is 17.7 Å². The summed E-state index contributed by atoms with van der Waals surface area (Å²) in [7, 11) is 0. The Kier molecular flexibility index (Phi) is 3.15. The van der Waals surface area contributed by atoms with E-state index in [9.17, 15) is 4.39 Å². The number of hydrogen-bond acceptors (Lipinski definition) is 4. The van der Waals surface area contributed by atoms with Gasteiger partial charge in [0.2, 0.25) is 0 Å². The van der Waals surface area contributed by atoms with Gasteiger partial charge in [0.1, 0.15) is 11.9 Å². The molecule has 1 aromatic rings. The molecule has 4 N–H and O–H groups in total. The Bertz CT molecular complexity index is 489. The fraction of sp³-hybridized carbons (Fsp3) is 0.462. The standard InChI is InChI=1S/C13H18FN3O/c1-3-13(7-8(2)18-12(16)17-13)10-6-9(15)4-5-11(10)14/h4-6,8H,3,7,15H2,1-2H3,(H2,16,17). The van der Waals surface area contributed by atoms with Crippen LogP contribution in [-0.2, 0) is 10.3 Å². The topological polar surface area (TPSA) is 73.6 Å². The average Bonchev–Trinajstić information content (AvgIpc) is 2.31. The summed E-state index contributed by atoms with van der Waals surface area (Å²) in [6, 6.07) is 4.65. The highest BCUT2D eigenvalue weighted by Gasteiger charge is 2.38. The minimum atomic E-state index is -0.679. The van der Waals surface area contributed by atoms with Crippen molar-refractivity contribution in [2.75, 3.05) is 5.73 Å². The van der Waals surface area contributed by atoms with Crippen molar-refractivity contribution in [3.8, 4) is 0 Å². The first-order valence-electron chi connectivity index (χ1n) is 6.04. The number of anilines is 1. The van der Waals surface area contributed by atoms with Crippen molar-refractivity contribution in [1.29, 1.82) is 0 Å². The van der Waals surface area contributed by atoms with Crippen LogP contribution in [-0.4, -0.2) is 12.1 Å². The molecule has 0 aliphatic carbocycles. The van der Waals surface area contributed by atoms with E-state index >= 15 is 0 Å². The molecule has 5 heteroatoms. The van der Waals surface area contributed by atoms with Crippen molar-refractivity contribution in [3.05, 3.63) is 29.6 Å². The Morgan fingerprint density at radius 2 is 2.22 bits per heavy atom. The molecule has 0 saturated carbocycles. The molecule has 1 heterocycles. The van der Waals surface area contributed by atoms with E-state index in [1.807, 2.05) is 13.8 Å². The molecule has 1 aliphatic rings. The normalized spacial score (nSPS) is 27.5. The largest absolute Gasteiger partial charge is 0.462 e. The van der Waals surface area contributed by atoms with Crippen LogP contribution in [0.25, 0.3) is 0 Å². The number of amidine groups is 1. The molecule has 0 radical (unpaired) electrons. The summed E-state index contributed by atoms with van der Waals surface area (Å²) < 4.78 is 19.3. The van der Waals surface area contributed by atoms with Crippen molar-refractivity contribution >= 4 is 11.7 Å². The lowest BCUT2D eigenvalue weighted by molar-refractivity contribution is 0.124. The van der Waals surface area contributed by atoms with Gasteiger partial charge in [-0.15, -0.1) is 0 Å². The number of ether oxygens (including phenoxy) is 1. The van der Waals surface area contributed by atoms with Gasteiger partial charge < -0.3 is 16.2 Å². The van der Waals surface area contributed by atoms with E-state index in [0.717, 1.165) is 0 Å². The number of hydrogen-bond donors (Lipinski definition) is 2. The predicted molar refractivity (Wildman–Crippen MR) is 69.6 cm³/mol. The molecular weight excluding hydrogens is 233 g/mol. The molecule has 18 heavy (non-hydrogen) atoms. The molecule has 0 fully saturated rings. The number of aliphatic imine (C=N–C) groups is 1. The van der Waals surface area contributed by atoms with E-state index < -0.39 is 5.54 Å². The number of halogens is 1. The Morgan fingerprint density at radius 3 is 2.83 bits per heavy atom. The number of nitrogens with zero attached hydrogens (tertiary/aromatic N) is 1. The third-order valence-electron chi connectivity index (χ3n) is 3.35. The van der Waals surface area contributed by atoms with Crippen LogP contribution in [0.5, 0.6) is 0 Å². The zero-order valence-corrected chi connectivity index (χ0v) is 10.6. The highest BCUT2D eigenvalue weighted by molar-refractivity contribution is 5.73. The van der Waals surface area contributed by atoms with Crippen LogP contribution in [0, 0.1) is 5.82 Å². The molecule has 2 unspecified atom stereocenters. The van der Waals surface area contributed by atoms with Crippen molar-refractivity contribution in [1.82, 2.24) is 0 Å². The molecule has 0 bridgehead atoms. The monoisotopic (exact) mass is 251 g/mol. The van der Waals surface area contributed by atoms with E-state index in [-0.39, 0.29) is 17.9 Å². The van der Waals surface area contributed by atoms with Crippen molar-refractivity contribution < 1.29 is 9.13 Å². The van der Waals surface area contributed by atoms with Crippen LogP contribution in [0.2, 0.25) is 0 Å². The summed E-state index contributed by atoms with van der Waals surface area (Å²) in [5, 5.41) is 0. The fourth-order valence-corrected chi connectivity index (χ4v) is 2.49. The number of nitrogen functional groups attached to an aromatic ring is 1. The molecule has 2 atom stereocenters. The van der Waals surface area contributed by atoms with Gasteiger partial charge in [0.15, 0.2) is 0 Å². The van der Waals surface area contributed by atoms with Crippen LogP contribution in [0.4, 0.5) is 10.1 Å². The van der Waals surface area contributed by atoms with Crippen molar-refractivity contribution in [2.45, 2.75) is 38.3 Å². The van der Waals surface area contributed by atoms with Gasteiger partial charge in [-0.05, 0) is 31.5 Å². The van der Waals surface area contributed by atoms with Gasteiger partial charge in [-0.2, -0.15) is 0 Å². The fourth-order valence-electron chi connectivity index (χ4n) is 2.49. The van der Waals surface area contributed by atoms with Gasteiger partial charge in [0.25, 0.3) is 6.02 Å². The maximum absolute atomic E-state index is 14.0. The maximum atomic E-state index is 14.0. The summed E-state index contributed by atoms with van der Waals surface area (Å²) >= 11 is 0. The summed E-state index contributed by atoms with van der Waals surface area (Å²) in [5.74, 6) is -0.309. The average molecular weight is 251 g/mol. The Hall–Kier alpha value is -1.78. The first-order chi connectivity index (χ1) is 8.47. The highest BCUT2D eigenvalue weighted by Crippen LogP contribution is 2.39. The summed E-state index contributed by atoms with van der Waals surface area (Å²) in [4.78, 5) is 4.33. The highest BCUT2D eigenvalue weighted by atomic mass is 19.1. The molecule has 0 spiro atoms. The van der Waals surface area contributed by atoms with E-state index in [1.54, 1.807) is 6.07 Å². The molecule has 0 aromatic heterocycles. The van der Waals surface area contributed by atoms with Gasteiger partial charge in [0.05, 0.1) is 5.54 Å². The predicted octanol–water partition coefficient (Wildman–Crippen LogP) is 2.14. The zero-order chi connectivity index (χ0) is 13.3. The van der Waals surface area contributed by atoms with Crippen LogP contribution in [0.1, 0.15) is 32.3 Å². The molecule has 2 rings (SSSR count). The minimum Gasteiger partial charge on any atom is -0.462 e. The second-order valence-corrected chi connectivity index (χ2v) is 4.71. The van der Waals surface area contributed by atoms with Crippen molar-refractivity contribution in [2.24, 2.45) is 10.7 Å². The lowest BCUT2D eigenvalue weighted by Gasteiger charge is -2.36. The lowest BCUT2D eigenvalue weighted by Crippen LogP contribution is -2.39. The Balaban J connectivity index is 2.56. The van der Waals surface area contributed by atoms with Gasteiger partial charge in [-0.25, -0.2) is 9.38 Å². The zero-order valence-electron chi connectivity index (χ0n) is 10.6. The van der Waals surface area contributed by atoms with E-state index in [4.69, 9.17) is 16.2 Å². The van der Waals surface area contributed by atoms with Crippen LogP contribution in [0.3, 0.4) is 0 Å². The second kappa shape index (κ2) is 4.48. The van der Waals surface area contributed by atoms with Gasteiger partial charge in [-0.3, -0.25) is 0 Å². The van der Waals surface area contributed by atoms with Crippen LogP contribution in [0.15, 0.2) is 23.2 Å². The quantitative estimate of drug-likeness (QED) is 0.791. The van der Waals surface area contributed by atoms with Crippen molar-refractivity contribution in [3.63, 3.8) is 0 Å². The number of nitrogens with two attached hydrogens (primary N) is 2.